The number of hydrogen-bond acceptors (Lipinski definition) is 5. The Labute approximate surface area is 198 Å². The Bertz CT molecular complexity index is 1050. The summed E-state index contributed by atoms with van der Waals surface area (Å²) in [5, 5.41) is 14.0. The molecular weight excluding hydrogens is 432 g/mol. The van der Waals surface area contributed by atoms with Crippen LogP contribution in [0.25, 0.3) is 0 Å². The minimum absolute atomic E-state index is 0.0213. The number of carbonyl (C=O) groups is 2. The molecule has 0 aliphatic carbocycles. The lowest BCUT2D eigenvalue weighted by Gasteiger charge is -2.43. The number of hydrogen-bond donors (Lipinski definition) is 1. The Hall–Kier alpha value is -2.80. The van der Waals surface area contributed by atoms with E-state index in [9.17, 15) is 14.7 Å². The van der Waals surface area contributed by atoms with Crippen LogP contribution in [0.15, 0.2) is 78.2 Å². The Morgan fingerprint density at radius 2 is 1.48 bits per heavy atom. The molecule has 33 heavy (non-hydrogen) atoms. The summed E-state index contributed by atoms with van der Waals surface area (Å²) in [5.41, 5.74) is 0.697. The lowest BCUT2D eigenvalue weighted by Crippen LogP contribution is -2.49. The van der Waals surface area contributed by atoms with Crippen molar-refractivity contribution in [2.45, 2.75) is 37.5 Å². The molecule has 2 aromatic carbocycles. The maximum atomic E-state index is 13.1. The molecule has 2 fully saturated rings. The summed E-state index contributed by atoms with van der Waals surface area (Å²) in [4.78, 5) is 30.3. The summed E-state index contributed by atoms with van der Waals surface area (Å²) in [7, 11) is 0. The first-order chi connectivity index (χ1) is 16.1. The third kappa shape index (κ3) is 4.14. The normalized spacial score (nSPS) is 20.5. The molecule has 1 aromatic heterocycles. The van der Waals surface area contributed by atoms with Crippen LogP contribution in [0.4, 0.5) is 0 Å². The van der Waals surface area contributed by atoms with E-state index < -0.39 is 5.60 Å². The first-order valence-electron chi connectivity index (χ1n) is 11.5. The second-order valence-corrected chi connectivity index (χ2v) is 9.96. The smallest absolute Gasteiger partial charge is 0.247 e. The first-order valence-corrected chi connectivity index (χ1v) is 12.4. The molecule has 0 saturated carbocycles. The highest BCUT2D eigenvalue weighted by molar-refractivity contribution is 7.09. The van der Waals surface area contributed by atoms with Gasteiger partial charge in [0.15, 0.2) is 0 Å². The Kier molecular flexibility index (Phi) is 6.15. The van der Waals surface area contributed by atoms with Crippen LogP contribution in [0.1, 0.15) is 35.3 Å². The predicted octanol–water partition coefficient (Wildman–Crippen LogP) is 4.02. The van der Waals surface area contributed by atoms with Crippen molar-refractivity contribution < 1.29 is 14.7 Å². The van der Waals surface area contributed by atoms with Crippen molar-refractivity contribution in [2.75, 3.05) is 13.1 Å². The van der Waals surface area contributed by atoms with Gasteiger partial charge in [-0.15, -0.1) is 11.3 Å². The zero-order chi connectivity index (χ0) is 22.8. The minimum atomic E-state index is -1.09. The fourth-order valence-corrected chi connectivity index (χ4v) is 6.02. The number of carbonyl (C=O) groups excluding carboxylic acids is 2. The second kappa shape index (κ2) is 9.21. The minimum Gasteiger partial charge on any atom is -0.380 e. The Morgan fingerprint density at radius 1 is 0.879 bits per heavy atom. The van der Waals surface area contributed by atoms with Crippen LogP contribution >= 0.6 is 11.3 Å². The number of thiophene rings is 1. The molecule has 2 saturated heterocycles. The fourth-order valence-electron chi connectivity index (χ4n) is 5.33. The molecule has 2 amide bonds. The number of nitrogens with zero attached hydrogens (tertiary/aromatic N) is 2. The average molecular weight is 461 g/mol. The SMILES string of the molecule is O=C1C[C@@H](N2CCC(C(O)(c3ccccc3)c3ccccc3)CC2)C(=O)N1Cc1cccs1. The largest absolute Gasteiger partial charge is 0.380 e. The number of rotatable bonds is 6. The van der Waals surface area contributed by atoms with Gasteiger partial charge in [-0.1, -0.05) is 66.7 Å². The van der Waals surface area contributed by atoms with Crippen LogP contribution in [-0.4, -0.2) is 45.9 Å². The summed E-state index contributed by atoms with van der Waals surface area (Å²) >= 11 is 1.56. The highest BCUT2D eigenvalue weighted by Gasteiger charge is 2.46. The summed E-state index contributed by atoms with van der Waals surface area (Å²) in [6.07, 6.45) is 1.75. The van der Waals surface area contributed by atoms with Crippen LogP contribution < -0.4 is 0 Å². The van der Waals surface area contributed by atoms with E-state index >= 15 is 0 Å². The number of likely N-dealkylation sites (tertiary alicyclic amines) is 2. The van der Waals surface area contributed by atoms with Crippen molar-refractivity contribution in [3.63, 3.8) is 0 Å². The van der Waals surface area contributed by atoms with E-state index in [1.54, 1.807) is 11.3 Å². The Morgan fingerprint density at radius 3 is 2.03 bits per heavy atom. The number of imide groups is 1. The summed E-state index contributed by atoms with van der Waals surface area (Å²) in [5.74, 6) is -0.160. The zero-order valence-corrected chi connectivity index (χ0v) is 19.3. The molecule has 0 radical (unpaired) electrons. The van der Waals surface area contributed by atoms with E-state index in [2.05, 4.69) is 4.90 Å². The van der Waals surface area contributed by atoms with Gasteiger partial charge in [0.2, 0.25) is 11.8 Å². The molecular formula is C27H28N2O3S. The molecule has 170 valence electrons. The van der Waals surface area contributed by atoms with Crippen molar-refractivity contribution in [3.8, 4) is 0 Å². The van der Waals surface area contributed by atoms with Crippen molar-refractivity contribution >= 4 is 23.2 Å². The van der Waals surface area contributed by atoms with Gasteiger partial charge < -0.3 is 5.11 Å². The second-order valence-electron chi connectivity index (χ2n) is 8.93. The summed E-state index contributed by atoms with van der Waals surface area (Å²) < 4.78 is 0. The number of benzene rings is 2. The molecule has 5 nitrogen and oxygen atoms in total. The third-order valence-electron chi connectivity index (χ3n) is 7.10. The van der Waals surface area contributed by atoms with Gasteiger partial charge in [0.05, 0.1) is 19.0 Å². The van der Waals surface area contributed by atoms with Crippen molar-refractivity contribution in [1.82, 2.24) is 9.80 Å². The van der Waals surface area contributed by atoms with Gasteiger partial charge in [0, 0.05) is 4.88 Å². The summed E-state index contributed by atoms with van der Waals surface area (Å²) in [6, 6.07) is 23.2. The number of piperidine rings is 1. The first kappa shape index (κ1) is 22.0. The quantitative estimate of drug-likeness (QED) is 0.565. The topological polar surface area (TPSA) is 60.9 Å². The molecule has 1 atom stereocenters. The lowest BCUT2D eigenvalue weighted by molar-refractivity contribution is -0.140. The average Bonchev–Trinajstić information content (AvgIpc) is 3.49. The van der Waals surface area contributed by atoms with Gasteiger partial charge >= 0.3 is 0 Å². The van der Waals surface area contributed by atoms with Gasteiger partial charge in [-0.25, -0.2) is 0 Å². The molecule has 1 N–H and O–H groups in total. The third-order valence-corrected chi connectivity index (χ3v) is 7.96. The highest BCUT2D eigenvalue weighted by Crippen LogP contribution is 2.42. The van der Waals surface area contributed by atoms with E-state index in [-0.39, 0.29) is 30.2 Å². The molecule has 0 unspecified atom stereocenters. The molecule has 5 rings (SSSR count). The van der Waals surface area contributed by atoms with E-state index in [1.807, 2.05) is 78.2 Å². The van der Waals surface area contributed by atoms with Crippen LogP contribution in [0.3, 0.4) is 0 Å². The summed E-state index contributed by atoms with van der Waals surface area (Å²) in [6.45, 7) is 1.73. The Balaban J connectivity index is 1.32. The molecule has 3 aromatic rings. The van der Waals surface area contributed by atoms with E-state index in [0.29, 0.717) is 19.6 Å². The zero-order valence-electron chi connectivity index (χ0n) is 18.5. The highest BCUT2D eigenvalue weighted by atomic mass is 32.1. The van der Waals surface area contributed by atoms with Gasteiger partial charge in [-0.3, -0.25) is 19.4 Å². The van der Waals surface area contributed by atoms with Gasteiger partial charge in [0.25, 0.3) is 0 Å². The number of aliphatic hydroxyl groups is 1. The molecule has 0 bridgehead atoms. The molecule has 2 aliphatic rings. The molecule has 2 aliphatic heterocycles. The monoisotopic (exact) mass is 460 g/mol. The fraction of sp³-hybridized carbons (Fsp3) is 0.333. The maximum Gasteiger partial charge on any atom is 0.247 e. The van der Waals surface area contributed by atoms with Crippen LogP contribution in [-0.2, 0) is 21.7 Å². The van der Waals surface area contributed by atoms with Gasteiger partial charge in [0.1, 0.15) is 5.60 Å². The van der Waals surface area contributed by atoms with E-state index in [4.69, 9.17) is 0 Å². The van der Waals surface area contributed by atoms with E-state index in [1.165, 1.54) is 4.90 Å². The van der Waals surface area contributed by atoms with Crippen molar-refractivity contribution in [1.29, 1.82) is 0 Å². The number of amides is 2. The molecule has 0 spiro atoms. The molecule has 3 heterocycles. The standard InChI is InChI=1S/C27H28N2O3S/c30-25-18-24(26(31)29(25)19-23-12-7-17-33-23)28-15-13-22(14-16-28)27(32,20-8-3-1-4-9-20)21-10-5-2-6-11-21/h1-12,17,22,24,32H,13-16,18-19H2/t24-/m1/s1. The van der Waals surface area contributed by atoms with Gasteiger partial charge in [-0.05, 0) is 54.4 Å². The van der Waals surface area contributed by atoms with Crippen molar-refractivity contribution in [2.24, 2.45) is 5.92 Å². The maximum absolute atomic E-state index is 13.1. The van der Waals surface area contributed by atoms with Crippen LogP contribution in [0, 0.1) is 5.92 Å². The van der Waals surface area contributed by atoms with Crippen LogP contribution in [0.2, 0.25) is 0 Å². The van der Waals surface area contributed by atoms with Crippen LogP contribution in [0.5, 0.6) is 0 Å². The van der Waals surface area contributed by atoms with Crippen molar-refractivity contribution in [3.05, 3.63) is 94.2 Å². The lowest BCUT2D eigenvalue weighted by atomic mass is 9.72. The van der Waals surface area contributed by atoms with E-state index in [0.717, 1.165) is 28.8 Å². The van der Waals surface area contributed by atoms with Gasteiger partial charge in [-0.2, -0.15) is 0 Å². The predicted molar refractivity (Wildman–Crippen MR) is 128 cm³/mol. The molecule has 6 heteroatoms.